The number of nitrogens with zero attached hydrogens (tertiary/aromatic N) is 1. The fourth-order valence-corrected chi connectivity index (χ4v) is 2.83. The summed E-state index contributed by atoms with van der Waals surface area (Å²) in [6, 6.07) is 0. The lowest BCUT2D eigenvalue weighted by Crippen LogP contribution is -2.24. The maximum atomic E-state index is 11.4. The Balaban J connectivity index is 2.11. The van der Waals surface area contributed by atoms with Crippen molar-refractivity contribution in [1.29, 1.82) is 0 Å². The van der Waals surface area contributed by atoms with Crippen molar-refractivity contribution in [2.45, 2.75) is 39.2 Å². The number of hydrogen-bond donors (Lipinski definition) is 0. The van der Waals surface area contributed by atoms with Crippen molar-refractivity contribution in [3.8, 4) is 0 Å². The number of carbonyl (C=O) groups is 1. The van der Waals surface area contributed by atoms with E-state index in [2.05, 4.69) is 26.8 Å². The van der Waals surface area contributed by atoms with Crippen LogP contribution in [0.2, 0.25) is 0 Å². The largest absolute Gasteiger partial charge is 0.295 e. The molecular weight excluding hydrogens is 210 g/mol. The number of aliphatic imine (C=N–C) groups is 1. The second-order valence-corrected chi connectivity index (χ2v) is 5.72. The Kier molecular flexibility index (Phi) is 2.07. The summed E-state index contributed by atoms with van der Waals surface area (Å²) in [6.45, 7) is 6.44. The first-order valence-corrected chi connectivity index (χ1v) is 6.20. The van der Waals surface area contributed by atoms with E-state index in [1.54, 1.807) is 6.08 Å². The van der Waals surface area contributed by atoms with E-state index in [4.69, 9.17) is 4.99 Å². The summed E-state index contributed by atoms with van der Waals surface area (Å²) < 4.78 is 0. The molecule has 1 atom stereocenters. The lowest BCUT2D eigenvalue weighted by atomic mass is 9.88. The Morgan fingerprint density at radius 2 is 2.06 bits per heavy atom. The molecule has 0 spiro atoms. The molecule has 0 aromatic heterocycles. The van der Waals surface area contributed by atoms with Gasteiger partial charge < -0.3 is 0 Å². The SMILES string of the molecule is CC1=CC2=C3C=CC(=O)CC3CC2=NC1(C)C. The number of fused-ring (bicyclic) bond motifs is 2. The van der Waals surface area contributed by atoms with E-state index < -0.39 is 0 Å². The van der Waals surface area contributed by atoms with Gasteiger partial charge in [0.05, 0.1) is 5.54 Å². The van der Waals surface area contributed by atoms with Gasteiger partial charge in [-0.1, -0.05) is 12.2 Å². The topological polar surface area (TPSA) is 29.4 Å². The molecule has 0 aromatic rings. The van der Waals surface area contributed by atoms with Gasteiger partial charge in [-0.2, -0.15) is 0 Å². The highest BCUT2D eigenvalue weighted by atomic mass is 16.1. The van der Waals surface area contributed by atoms with Crippen LogP contribution in [-0.4, -0.2) is 17.0 Å². The average molecular weight is 227 g/mol. The molecule has 0 saturated heterocycles. The molecule has 0 radical (unpaired) electrons. The van der Waals surface area contributed by atoms with E-state index in [-0.39, 0.29) is 11.3 Å². The molecule has 2 aliphatic carbocycles. The Labute approximate surface area is 102 Å². The molecule has 0 amide bonds. The van der Waals surface area contributed by atoms with Gasteiger partial charge in [-0.15, -0.1) is 0 Å². The van der Waals surface area contributed by atoms with Crippen LogP contribution >= 0.6 is 0 Å². The third kappa shape index (κ3) is 1.54. The van der Waals surface area contributed by atoms with Crippen LogP contribution in [0.15, 0.2) is 39.9 Å². The predicted molar refractivity (Wildman–Crippen MR) is 69.2 cm³/mol. The molecule has 3 rings (SSSR count). The van der Waals surface area contributed by atoms with Crippen molar-refractivity contribution in [1.82, 2.24) is 0 Å². The number of allylic oxidation sites excluding steroid dienone is 5. The number of ketones is 1. The number of carbonyl (C=O) groups excluding carboxylic acids is 1. The lowest BCUT2D eigenvalue weighted by molar-refractivity contribution is -0.115. The molecule has 1 heterocycles. The van der Waals surface area contributed by atoms with Crippen LogP contribution in [0.25, 0.3) is 0 Å². The van der Waals surface area contributed by atoms with Crippen LogP contribution in [0.5, 0.6) is 0 Å². The van der Waals surface area contributed by atoms with Crippen molar-refractivity contribution in [2.24, 2.45) is 10.9 Å². The molecule has 17 heavy (non-hydrogen) atoms. The van der Waals surface area contributed by atoms with Gasteiger partial charge in [-0.25, -0.2) is 0 Å². The van der Waals surface area contributed by atoms with Gasteiger partial charge in [0.25, 0.3) is 0 Å². The molecule has 1 unspecified atom stereocenters. The van der Waals surface area contributed by atoms with Crippen molar-refractivity contribution in [3.63, 3.8) is 0 Å². The summed E-state index contributed by atoms with van der Waals surface area (Å²) in [5, 5.41) is 0. The zero-order valence-electron chi connectivity index (χ0n) is 10.6. The van der Waals surface area contributed by atoms with Gasteiger partial charge in [0.2, 0.25) is 0 Å². The van der Waals surface area contributed by atoms with Gasteiger partial charge in [0.1, 0.15) is 0 Å². The number of hydrogen-bond acceptors (Lipinski definition) is 2. The predicted octanol–water partition coefficient (Wildman–Crippen LogP) is 3.01. The maximum absolute atomic E-state index is 11.4. The third-order valence-electron chi connectivity index (χ3n) is 4.14. The highest BCUT2D eigenvalue weighted by molar-refractivity contribution is 6.09. The van der Waals surface area contributed by atoms with Crippen LogP contribution in [-0.2, 0) is 4.79 Å². The van der Waals surface area contributed by atoms with Crippen molar-refractivity contribution in [3.05, 3.63) is 34.9 Å². The normalized spacial score (nSPS) is 29.8. The molecule has 2 nitrogen and oxygen atoms in total. The highest BCUT2D eigenvalue weighted by Crippen LogP contribution is 2.41. The maximum Gasteiger partial charge on any atom is 0.156 e. The highest BCUT2D eigenvalue weighted by Gasteiger charge is 2.36. The smallest absolute Gasteiger partial charge is 0.156 e. The average Bonchev–Trinajstić information content (AvgIpc) is 2.54. The summed E-state index contributed by atoms with van der Waals surface area (Å²) in [6.07, 6.45) is 7.56. The molecule has 3 aliphatic rings. The summed E-state index contributed by atoms with van der Waals surface area (Å²) in [4.78, 5) is 16.3. The van der Waals surface area contributed by atoms with E-state index in [1.165, 1.54) is 22.4 Å². The zero-order valence-corrected chi connectivity index (χ0v) is 10.6. The van der Waals surface area contributed by atoms with E-state index in [0.29, 0.717) is 12.3 Å². The summed E-state index contributed by atoms with van der Waals surface area (Å²) in [5.74, 6) is 0.623. The molecule has 0 aromatic carbocycles. The van der Waals surface area contributed by atoms with Crippen molar-refractivity contribution >= 4 is 11.5 Å². The van der Waals surface area contributed by atoms with Crippen LogP contribution in [0.1, 0.15) is 33.6 Å². The number of dihydropyridines is 1. The first kappa shape index (κ1) is 10.7. The van der Waals surface area contributed by atoms with E-state index in [1.807, 2.05) is 6.08 Å². The minimum absolute atomic E-state index is 0.0827. The zero-order chi connectivity index (χ0) is 12.2. The van der Waals surface area contributed by atoms with Gasteiger partial charge in [-0.05, 0) is 55.9 Å². The van der Waals surface area contributed by atoms with Crippen LogP contribution in [0.4, 0.5) is 0 Å². The minimum Gasteiger partial charge on any atom is -0.295 e. The second kappa shape index (κ2) is 3.28. The molecule has 0 N–H and O–H groups in total. The Hall–Kier alpha value is -1.44. The fourth-order valence-electron chi connectivity index (χ4n) is 2.83. The van der Waals surface area contributed by atoms with Crippen LogP contribution in [0, 0.1) is 5.92 Å². The quantitative estimate of drug-likeness (QED) is 0.625. The van der Waals surface area contributed by atoms with Crippen LogP contribution < -0.4 is 0 Å². The molecule has 2 heteroatoms. The Morgan fingerprint density at radius 1 is 1.29 bits per heavy atom. The Morgan fingerprint density at radius 3 is 2.82 bits per heavy atom. The number of rotatable bonds is 0. The summed E-state index contributed by atoms with van der Waals surface area (Å²) >= 11 is 0. The van der Waals surface area contributed by atoms with Gasteiger partial charge >= 0.3 is 0 Å². The standard InChI is InChI=1S/C15H17NO/c1-9-6-13-12-5-4-11(17)7-10(12)8-14(13)16-15(9,2)3/h4-6,10H,7-8H2,1-3H3. The summed E-state index contributed by atoms with van der Waals surface area (Å²) in [7, 11) is 0. The van der Waals surface area contributed by atoms with E-state index >= 15 is 0 Å². The minimum atomic E-state index is -0.0827. The van der Waals surface area contributed by atoms with Gasteiger partial charge in [0.15, 0.2) is 5.78 Å². The Bertz CT molecular complexity index is 529. The first-order chi connectivity index (χ1) is 7.97. The molecular formula is C15H17NO. The summed E-state index contributed by atoms with van der Waals surface area (Å²) in [5.41, 5.74) is 5.00. The van der Waals surface area contributed by atoms with Crippen molar-refractivity contribution < 1.29 is 4.79 Å². The molecule has 0 fully saturated rings. The van der Waals surface area contributed by atoms with E-state index in [9.17, 15) is 4.79 Å². The molecule has 1 aliphatic heterocycles. The van der Waals surface area contributed by atoms with Crippen molar-refractivity contribution in [2.75, 3.05) is 0 Å². The molecule has 0 saturated carbocycles. The first-order valence-electron chi connectivity index (χ1n) is 6.20. The molecule has 88 valence electrons. The lowest BCUT2D eigenvalue weighted by Gasteiger charge is -2.26. The van der Waals surface area contributed by atoms with Gasteiger partial charge in [-0.3, -0.25) is 9.79 Å². The second-order valence-electron chi connectivity index (χ2n) is 5.72. The van der Waals surface area contributed by atoms with Crippen LogP contribution in [0.3, 0.4) is 0 Å². The monoisotopic (exact) mass is 227 g/mol. The fraction of sp³-hybridized carbons (Fsp3) is 0.467. The third-order valence-corrected chi connectivity index (χ3v) is 4.14. The van der Waals surface area contributed by atoms with Gasteiger partial charge in [0, 0.05) is 12.1 Å². The van der Waals surface area contributed by atoms with E-state index in [0.717, 1.165) is 6.42 Å². The molecule has 0 bridgehead atoms.